The van der Waals surface area contributed by atoms with Crippen LogP contribution >= 0.6 is 11.6 Å². The van der Waals surface area contributed by atoms with Gasteiger partial charge in [0.1, 0.15) is 5.82 Å². The zero-order valence-corrected chi connectivity index (χ0v) is 11.8. The SMILES string of the molecule is Cc1cc2nc(Cc3ccccc3Cl)[nH]c2cc1C. The molecule has 0 saturated carbocycles. The monoisotopic (exact) mass is 270 g/mol. The fourth-order valence-corrected chi connectivity index (χ4v) is 2.43. The molecule has 1 N–H and O–H groups in total. The highest BCUT2D eigenvalue weighted by atomic mass is 35.5. The van der Waals surface area contributed by atoms with Gasteiger partial charge in [-0.05, 0) is 48.7 Å². The van der Waals surface area contributed by atoms with E-state index in [0.29, 0.717) is 0 Å². The number of aryl methyl sites for hydroxylation is 2. The molecule has 0 bridgehead atoms. The van der Waals surface area contributed by atoms with Crippen LogP contribution in [0.3, 0.4) is 0 Å². The summed E-state index contributed by atoms with van der Waals surface area (Å²) in [5, 5.41) is 0.787. The van der Waals surface area contributed by atoms with E-state index in [9.17, 15) is 0 Å². The molecule has 1 aromatic heterocycles. The van der Waals surface area contributed by atoms with Gasteiger partial charge in [-0.3, -0.25) is 0 Å². The van der Waals surface area contributed by atoms with Gasteiger partial charge in [-0.2, -0.15) is 0 Å². The third-order valence-corrected chi connectivity index (χ3v) is 3.83. The van der Waals surface area contributed by atoms with Crippen LogP contribution in [0, 0.1) is 13.8 Å². The van der Waals surface area contributed by atoms with E-state index in [2.05, 4.69) is 35.9 Å². The molecule has 2 nitrogen and oxygen atoms in total. The number of halogens is 1. The van der Waals surface area contributed by atoms with Gasteiger partial charge in [0.25, 0.3) is 0 Å². The van der Waals surface area contributed by atoms with Gasteiger partial charge in [0.05, 0.1) is 11.0 Å². The summed E-state index contributed by atoms with van der Waals surface area (Å²) in [6, 6.07) is 12.2. The predicted molar refractivity (Wildman–Crippen MR) is 79.8 cm³/mol. The van der Waals surface area contributed by atoms with Crippen LogP contribution in [0.15, 0.2) is 36.4 Å². The number of nitrogens with zero attached hydrogens (tertiary/aromatic N) is 1. The van der Waals surface area contributed by atoms with E-state index >= 15 is 0 Å². The molecule has 0 unspecified atom stereocenters. The third-order valence-electron chi connectivity index (χ3n) is 3.46. The maximum atomic E-state index is 6.18. The molecule has 0 saturated heterocycles. The average Bonchev–Trinajstić information content (AvgIpc) is 2.74. The Bertz CT molecular complexity index is 705. The molecule has 2 aromatic carbocycles. The maximum Gasteiger partial charge on any atom is 0.111 e. The lowest BCUT2D eigenvalue weighted by Crippen LogP contribution is -1.91. The van der Waals surface area contributed by atoms with Crippen LogP contribution in [-0.2, 0) is 6.42 Å². The number of benzene rings is 2. The quantitative estimate of drug-likeness (QED) is 0.733. The Kier molecular flexibility index (Phi) is 3.03. The standard InChI is InChI=1S/C16H15ClN2/c1-10-7-14-15(8-11(10)2)19-16(18-14)9-12-5-3-4-6-13(12)17/h3-8H,9H2,1-2H3,(H,18,19). The topological polar surface area (TPSA) is 28.7 Å². The minimum Gasteiger partial charge on any atom is -0.342 e. The van der Waals surface area contributed by atoms with Gasteiger partial charge in [-0.15, -0.1) is 0 Å². The van der Waals surface area contributed by atoms with Crippen LogP contribution in [-0.4, -0.2) is 9.97 Å². The summed E-state index contributed by atoms with van der Waals surface area (Å²) < 4.78 is 0. The Morgan fingerprint density at radius 3 is 2.63 bits per heavy atom. The molecule has 0 amide bonds. The van der Waals surface area contributed by atoms with Gasteiger partial charge in [-0.25, -0.2) is 4.98 Å². The van der Waals surface area contributed by atoms with Gasteiger partial charge >= 0.3 is 0 Å². The van der Waals surface area contributed by atoms with E-state index in [0.717, 1.165) is 33.9 Å². The summed E-state index contributed by atoms with van der Waals surface area (Å²) in [6.07, 6.45) is 0.729. The molecule has 0 radical (unpaired) electrons. The molecule has 1 heterocycles. The number of hydrogen-bond acceptors (Lipinski definition) is 1. The number of aromatic nitrogens is 2. The predicted octanol–water partition coefficient (Wildman–Crippen LogP) is 4.42. The van der Waals surface area contributed by atoms with Crippen molar-refractivity contribution >= 4 is 22.6 Å². The first kappa shape index (κ1) is 12.2. The number of imidazole rings is 1. The second kappa shape index (κ2) is 4.71. The lowest BCUT2D eigenvalue weighted by atomic mass is 10.1. The second-order valence-electron chi connectivity index (χ2n) is 4.91. The largest absolute Gasteiger partial charge is 0.342 e. The van der Waals surface area contributed by atoms with Crippen molar-refractivity contribution in [1.29, 1.82) is 0 Å². The Balaban J connectivity index is 2.00. The molecule has 19 heavy (non-hydrogen) atoms. The molecule has 3 heteroatoms. The highest BCUT2D eigenvalue weighted by Crippen LogP contribution is 2.21. The molecule has 0 spiro atoms. The Morgan fingerprint density at radius 1 is 1.11 bits per heavy atom. The minimum atomic E-state index is 0.729. The summed E-state index contributed by atoms with van der Waals surface area (Å²) in [5.41, 5.74) is 5.75. The molecule has 0 atom stereocenters. The van der Waals surface area contributed by atoms with E-state index in [1.807, 2.05) is 24.3 Å². The maximum absolute atomic E-state index is 6.18. The molecule has 0 aliphatic heterocycles. The highest BCUT2D eigenvalue weighted by molar-refractivity contribution is 6.31. The van der Waals surface area contributed by atoms with Crippen molar-refractivity contribution in [3.8, 4) is 0 Å². The van der Waals surface area contributed by atoms with Gasteiger partial charge in [0.2, 0.25) is 0 Å². The number of rotatable bonds is 2. The lowest BCUT2D eigenvalue weighted by Gasteiger charge is -2.00. The van der Waals surface area contributed by atoms with Gasteiger partial charge < -0.3 is 4.98 Å². The van der Waals surface area contributed by atoms with E-state index in [1.54, 1.807) is 0 Å². The zero-order valence-electron chi connectivity index (χ0n) is 11.0. The van der Waals surface area contributed by atoms with Crippen molar-refractivity contribution in [3.05, 3.63) is 63.9 Å². The summed E-state index contributed by atoms with van der Waals surface area (Å²) in [6.45, 7) is 4.22. The van der Waals surface area contributed by atoms with E-state index in [-0.39, 0.29) is 0 Å². The summed E-state index contributed by atoms with van der Waals surface area (Å²) in [4.78, 5) is 8.01. The third kappa shape index (κ3) is 2.36. The molecule has 0 aliphatic carbocycles. The molecule has 96 valence electrons. The summed E-state index contributed by atoms with van der Waals surface area (Å²) >= 11 is 6.18. The van der Waals surface area contributed by atoms with Crippen molar-refractivity contribution in [1.82, 2.24) is 9.97 Å². The van der Waals surface area contributed by atoms with Gasteiger partial charge in [-0.1, -0.05) is 29.8 Å². The van der Waals surface area contributed by atoms with Crippen molar-refractivity contribution in [2.45, 2.75) is 20.3 Å². The number of hydrogen-bond donors (Lipinski definition) is 1. The highest BCUT2D eigenvalue weighted by Gasteiger charge is 2.07. The first-order chi connectivity index (χ1) is 9.13. The normalized spacial score (nSPS) is 11.1. The number of aromatic amines is 1. The molecule has 0 aliphatic rings. The first-order valence-electron chi connectivity index (χ1n) is 6.33. The first-order valence-corrected chi connectivity index (χ1v) is 6.70. The number of fused-ring (bicyclic) bond motifs is 1. The molecule has 0 fully saturated rings. The van der Waals surface area contributed by atoms with Crippen LogP contribution in [0.2, 0.25) is 5.02 Å². The lowest BCUT2D eigenvalue weighted by molar-refractivity contribution is 1.04. The van der Waals surface area contributed by atoms with Crippen LogP contribution in [0.5, 0.6) is 0 Å². The van der Waals surface area contributed by atoms with E-state index in [1.165, 1.54) is 11.1 Å². The average molecular weight is 271 g/mol. The molecular formula is C16H15ClN2. The molecule has 3 aromatic rings. The minimum absolute atomic E-state index is 0.729. The fraction of sp³-hybridized carbons (Fsp3) is 0.188. The van der Waals surface area contributed by atoms with Gasteiger partial charge in [0, 0.05) is 11.4 Å². The van der Waals surface area contributed by atoms with Crippen molar-refractivity contribution in [2.24, 2.45) is 0 Å². The van der Waals surface area contributed by atoms with Crippen LogP contribution < -0.4 is 0 Å². The van der Waals surface area contributed by atoms with E-state index in [4.69, 9.17) is 11.6 Å². The van der Waals surface area contributed by atoms with Crippen LogP contribution in [0.1, 0.15) is 22.5 Å². The summed E-state index contributed by atoms with van der Waals surface area (Å²) in [5.74, 6) is 0.952. The fourth-order valence-electron chi connectivity index (χ4n) is 2.23. The van der Waals surface area contributed by atoms with Crippen LogP contribution in [0.25, 0.3) is 11.0 Å². The number of H-pyrrole nitrogens is 1. The van der Waals surface area contributed by atoms with Crippen molar-refractivity contribution in [2.75, 3.05) is 0 Å². The summed E-state index contributed by atoms with van der Waals surface area (Å²) in [7, 11) is 0. The van der Waals surface area contributed by atoms with Crippen molar-refractivity contribution in [3.63, 3.8) is 0 Å². The second-order valence-corrected chi connectivity index (χ2v) is 5.31. The van der Waals surface area contributed by atoms with E-state index < -0.39 is 0 Å². The smallest absolute Gasteiger partial charge is 0.111 e. The van der Waals surface area contributed by atoms with Crippen LogP contribution in [0.4, 0.5) is 0 Å². The molecule has 3 rings (SSSR count). The Hall–Kier alpha value is -1.80. The zero-order chi connectivity index (χ0) is 13.4. The van der Waals surface area contributed by atoms with Gasteiger partial charge in [0.15, 0.2) is 0 Å². The Morgan fingerprint density at radius 2 is 1.84 bits per heavy atom. The van der Waals surface area contributed by atoms with Crippen molar-refractivity contribution < 1.29 is 0 Å². The molecular weight excluding hydrogens is 256 g/mol. The Labute approximate surface area is 117 Å². The number of nitrogens with one attached hydrogen (secondary N) is 1.